The van der Waals surface area contributed by atoms with Crippen LogP contribution in [0.25, 0.3) is 0 Å². The Balaban J connectivity index is 1.70. The fraction of sp³-hybridized carbons (Fsp3) is 0.300. The van der Waals surface area contributed by atoms with Crippen molar-refractivity contribution in [2.45, 2.75) is 13.0 Å². The zero-order valence-electron chi connectivity index (χ0n) is 14.6. The minimum absolute atomic E-state index is 0.143. The lowest BCUT2D eigenvalue weighted by Crippen LogP contribution is -2.46. The molecule has 0 radical (unpaired) electrons. The number of halogens is 1. The van der Waals surface area contributed by atoms with Gasteiger partial charge < -0.3 is 15.5 Å². The summed E-state index contributed by atoms with van der Waals surface area (Å²) in [5, 5.41) is 21.8. The molecule has 0 unspecified atom stereocenters. The minimum Gasteiger partial charge on any atom is -0.508 e. The summed E-state index contributed by atoms with van der Waals surface area (Å²) in [7, 11) is 0. The molecule has 3 rings (SSSR count). The smallest absolute Gasteiger partial charge is 0.307 e. The number of rotatable bonds is 5. The Kier molecular flexibility index (Phi) is 5.71. The Labute approximate surface area is 156 Å². The van der Waals surface area contributed by atoms with Crippen LogP contribution in [-0.2, 0) is 16.1 Å². The van der Waals surface area contributed by atoms with Crippen LogP contribution in [0.4, 0.5) is 10.1 Å². The van der Waals surface area contributed by atoms with Crippen molar-refractivity contribution in [3.8, 4) is 5.75 Å². The predicted molar refractivity (Wildman–Crippen MR) is 97.6 cm³/mol. The normalized spacial score (nSPS) is 20.2. The van der Waals surface area contributed by atoms with Crippen LogP contribution in [0.2, 0.25) is 0 Å². The quantitative estimate of drug-likeness (QED) is 0.751. The topological polar surface area (TPSA) is 89.9 Å². The number of piperidine rings is 1. The average molecular weight is 372 g/mol. The van der Waals surface area contributed by atoms with Gasteiger partial charge in [-0.15, -0.1) is 0 Å². The molecule has 0 aromatic heterocycles. The molecule has 7 heteroatoms. The monoisotopic (exact) mass is 372 g/mol. The highest BCUT2D eigenvalue weighted by molar-refractivity contribution is 5.93. The van der Waals surface area contributed by atoms with Gasteiger partial charge in [0, 0.05) is 25.3 Å². The summed E-state index contributed by atoms with van der Waals surface area (Å²) in [6, 6.07) is 12.2. The number of nitrogens with one attached hydrogen (secondary N) is 1. The first-order chi connectivity index (χ1) is 12.9. The van der Waals surface area contributed by atoms with Crippen LogP contribution in [0.5, 0.6) is 5.75 Å². The SMILES string of the molecule is O=C(O)[C@@H]1C[C@H](C(=O)Nc2ccc(F)cc2)CN(Cc2cccc(O)c2)C1. The van der Waals surface area contributed by atoms with E-state index in [-0.39, 0.29) is 18.1 Å². The standard InChI is InChI=1S/C20H21FN2O4/c21-16-4-6-17(7-5-16)22-19(25)14-9-15(20(26)27)12-23(11-14)10-13-2-1-3-18(24)8-13/h1-8,14-15,24H,9-12H2,(H,22,25)(H,26,27)/t14-,15+/m0/s1. The van der Waals surface area contributed by atoms with Gasteiger partial charge in [-0.1, -0.05) is 12.1 Å². The number of benzene rings is 2. The second-order valence-electron chi connectivity index (χ2n) is 6.83. The first-order valence-corrected chi connectivity index (χ1v) is 8.70. The van der Waals surface area contributed by atoms with Gasteiger partial charge in [0.15, 0.2) is 0 Å². The third-order valence-corrected chi connectivity index (χ3v) is 4.67. The van der Waals surface area contributed by atoms with Gasteiger partial charge in [0.1, 0.15) is 11.6 Å². The molecule has 0 spiro atoms. The van der Waals surface area contributed by atoms with E-state index in [9.17, 15) is 24.2 Å². The Morgan fingerprint density at radius 3 is 2.48 bits per heavy atom. The molecule has 6 nitrogen and oxygen atoms in total. The van der Waals surface area contributed by atoms with Crippen LogP contribution in [0.1, 0.15) is 12.0 Å². The van der Waals surface area contributed by atoms with Crippen LogP contribution in [0.15, 0.2) is 48.5 Å². The summed E-state index contributed by atoms with van der Waals surface area (Å²) in [5.41, 5.74) is 1.32. The van der Waals surface area contributed by atoms with Gasteiger partial charge in [0.05, 0.1) is 11.8 Å². The van der Waals surface area contributed by atoms with E-state index in [1.807, 2.05) is 11.0 Å². The van der Waals surface area contributed by atoms with Crippen molar-refractivity contribution < 1.29 is 24.2 Å². The fourth-order valence-corrected chi connectivity index (χ4v) is 3.38. The second-order valence-corrected chi connectivity index (χ2v) is 6.83. The maximum atomic E-state index is 13.0. The maximum Gasteiger partial charge on any atom is 0.307 e. The van der Waals surface area contributed by atoms with E-state index in [1.165, 1.54) is 24.3 Å². The van der Waals surface area contributed by atoms with Gasteiger partial charge >= 0.3 is 5.97 Å². The fourth-order valence-electron chi connectivity index (χ4n) is 3.38. The first-order valence-electron chi connectivity index (χ1n) is 8.70. The second kappa shape index (κ2) is 8.18. The van der Waals surface area contributed by atoms with Crippen LogP contribution in [0, 0.1) is 17.7 Å². The van der Waals surface area contributed by atoms with Gasteiger partial charge in [-0.3, -0.25) is 14.5 Å². The van der Waals surface area contributed by atoms with Gasteiger partial charge in [0.2, 0.25) is 5.91 Å². The lowest BCUT2D eigenvalue weighted by molar-refractivity contribution is -0.145. The molecule has 2 aromatic rings. The molecule has 1 saturated heterocycles. The summed E-state index contributed by atoms with van der Waals surface area (Å²) in [6.45, 7) is 1.19. The number of aromatic hydroxyl groups is 1. The van der Waals surface area contributed by atoms with E-state index in [4.69, 9.17) is 0 Å². The summed E-state index contributed by atoms with van der Waals surface area (Å²) in [4.78, 5) is 26.0. The van der Waals surface area contributed by atoms with Crippen molar-refractivity contribution in [1.82, 2.24) is 4.90 Å². The molecule has 0 bridgehead atoms. The highest BCUT2D eigenvalue weighted by Crippen LogP contribution is 2.26. The van der Waals surface area contributed by atoms with Crippen LogP contribution in [-0.4, -0.2) is 40.1 Å². The molecule has 27 heavy (non-hydrogen) atoms. The molecule has 1 amide bonds. The Morgan fingerprint density at radius 1 is 1.11 bits per heavy atom. The molecule has 0 aliphatic carbocycles. The van der Waals surface area contributed by atoms with Crippen LogP contribution in [0.3, 0.4) is 0 Å². The molecule has 0 saturated carbocycles. The number of hydrogen-bond donors (Lipinski definition) is 3. The molecule has 3 N–H and O–H groups in total. The molecule has 2 atom stereocenters. The first kappa shape index (κ1) is 18.8. The molecular formula is C20H21FN2O4. The van der Waals surface area contributed by atoms with Gasteiger partial charge in [0.25, 0.3) is 0 Å². The third-order valence-electron chi connectivity index (χ3n) is 4.67. The van der Waals surface area contributed by atoms with Crippen LogP contribution >= 0.6 is 0 Å². The van der Waals surface area contributed by atoms with E-state index in [0.717, 1.165) is 5.56 Å². The van der Waals surface area contributed by atoms with Gasteiger partial charge in [-0.05, 0) is 48.4 Å². The molecule has 1 heterocycles. The van der Waals surface area contributed by atoms with E-state index < -0.39 is 23.6 Å². The van der Waals surface area contributed by atoms with Crippen molar-refractivity contribution in [3.63, 3.8) is 0 Å². The summed E-state index contributed by atoms with van der Waals surface area (Å²) < 4.78 is 13.0. The molecule has 142 valence electrons. The maximum absolute atomic E-state index is 13.0. The van der Waals surface area contributed by atoms with E-state index >= 15 is 0 Å². The predicted octanol–water partition coefficient (Wildman–Crippen LogP) is 2.69. The van der Waals surface area contributed by atoms with Crippen molar-refractivity contribution in [2.24, 2.45) is 11.8 Å². The highest BCUT2D eigenvalue weighted by Gasteiger charge is 2.35. The number of phenols is 1. The number of amides is 1. The third kappa shape index (κ3) is 5.04. The number of carbonyl (C=O) groups is 2. The van der Waals surface area contributed by atoms with Gasteiger partial charge in [-0.2, -0.15) is 0 Å². The zero-order chi connectivity index (χ0) is 19.4. The van der Waals surface area contributed by atoms with Crippen molar-refractivity contribution in [1.29, 1.82) is 0 Å². The number of likely N-dealkylation sites (tertiary alicyclic amines) is 1. The summed E-state index contributed by atoms with van der Waals surface area (Å²) >= 11 is 0. The molecule has 1 aliphatic heterocycles. The van der Waals surface area contributed by atoms with Crippen LogP contribution < -0.4 is 5.32 Å². The molecule has 1 fully saturated rings. The highest BCUT2D eigenvalue weighted by atomic mass is 19.1. The summed E-state index contributed by atoms with van der Waals surface area (Å²) in [5.74, 6) is -2.62. The number of hydrogen-bond acceptors (Lipinski definition) is 4. The molecule has 1 aliphatic rings. The number of carboxylic acids is 1. The number of aliphatic carboxylic acids is 1. The lowest BCUT2D eigenvalue weighted by atomic mass is 9.88. The summed E-state index contributed by atoms with van der Waals surface area (Å²) in [6.07, 6.45) is 0.249. The molecular weight excluding hydrogens is 351 g/mol. The van der Waals surface area contributed by atoms with E-state index in [1.54, 1.807) is 18.2 Å². The number of nitrogens with zero attached hydrogens (tertiary/aromatic N) is 1. The number of anilines is 1. The number of carbonyl (C=O) groups excluding carboxylic acids is 1. The molecule has 2 aromatic carbocycles. The number of carboxylic acid groups (broad SMARTS) is 1. The number of phenolic OH excluding ortho intramolecular Hbond substituents is 1. The Bertz CT molecular complexity index is 825. The average Bonchev–Trinajstić information content (AvgIpc) is 2.63. The Hall–Kier alpha value is -2.93. The van der Waals surface area contributed by atoms with Crippen molar-refractivity contribution >= 4 is 17.6 Å². The van der Waals surface area contributed by atoms with Crippen molar-refractivity contribution in [2.75, 3.05) is 18.4 Å². The minimum atomic E-state index is -0.935. The van der Waals surface area contributed by atoms with Gasteiger partial charge in [-0.25, -0.2) is 4.39 Å². The largest absolute Gasteiger partial charge is 0.508 e. The lowest BCUT2D eigenvalue weighted by Gasteiger charge is -2.35. The Morgan fingerprint density at radius 2 is 1.81 bits per heavy atom. The van der Waals surface area contributed by atoms with E-state index in [2.05, 4.69) is 5.32 Å². The zero-order valence-corrected chi connectivity index (χ0v) is 14.6. The van der Waals surface area contributed by atoms with E-state index in [0.29, 0.717) is 25.3 Å². The van der Waals surface area contributed by atoms with Crippen molar-refractivity contribution in [3.05, 3.63) is 59.9 Å².